The van der Waals surface area contributed by atoms with Gasteiger partial charge in [-0.25, -0.2) is 0 Å². The van der Waals surface area contributed by atoms with Crippen molar-refractivity contribution >= 4 is 28.3 Å². The lowest BCUT2D eigenvalue weighted by molar-refractivity contribution is 1.07. The molecule has 0 bridgehead atoms. The molecule has 1 aromatic carbocycles. The Bertz CT molecular complexity index is 294. The molecule has 1 nitrogen and oxygen atoms in total. The monoisotopic (exact) mass is 287 g/mol. The number of hydrogen-bond donors (Lipinski definition) is 1. The highest BCUT2D eigenvalue weighted by Gasteiger charge is 1.96. The van der Waals surface area contributed by atoms with Gasteiger partial charge in [-0.05, 0) is 59.7 Å². The van der Waals surface area contributed by atoms with E-state index in [1.165, 1.54) is 14.8 Å². The molecule has 0 atom stereocenters. The standard InChI is InChI=1S/C11H14IN/c1-3-4-7-13-11-6-5-10(12)8-9(11)2/h3,5-6,8,13H,1,4,7H2,2H3. The second kappa shape index (κ2) is 5.27. The summed E-state index contributed by atoms with van der Waals surface area (Å²) < 4.78 is 1.28. The largest absolute Gasteiger partial charge is 0.385 e. The summed E-state index contributed by atoms with van der Waals surface area (Å²) >= 11 is 2.32. The smallest absolute Gasteiger partial charge is 0.0370 e. The summed E-state index contributed by atoms with van der Waals surface area (Å²) in [6.45, 7) is 6.77. The van der Waals surface area contributed by atoms with E-state index in [1.54, 1.807) is 0 Å². The molecule has 0 aliphatic carbocycles. The molecule has 0 saturated carbocycles. The van der Waals surface area contributed by atoms with E-state index in [9.17, 15) is 0 Å². The van der Waals surface area contributed by atoms with Gasteiger partial charge >= 0.3 is 0 Å². The minimum atomic E-state index is 0.963. The van der Waals surface area contributed by atoms with Crippen LogP contribution >= 0.6 is 22.6 Å². The van der Waals surface area contributed by atoms with E-state index in [1.807, 2.05) is 6.08 Å². The molecule has 1 rings (SSSR count). The summed E-state index contributed by atoms with van der Waals surface area (Å²) in [4.78, 5) is 0. The molecule has 0 unspecified atom stereocenters. The molecule has 0 aliphatic rings. The molecule has 0 aliphatic heterocycles. The van der Waals surface area contributed by atoms with E-state index in [-0.39, 0.29) is 0 Å². The van der Waals surface area contributed by atoms with Crippen molar-refractivity contribution in [3.63, 3.8) is 0 Å². The van der Waals surface area contributed by atoms with E-state index in [0.29, 0.717) is 0 Å². The Hall–Kier alpha value is -0.510. The van der Waals surface area contributed by atoms with Gasteiger partial charge < -0.3 is 5.32 Å². The third kappa shape index (κ3) is 3.38. The zero-order valence-electron chi connectivity index (χ0n) is 7.81. The zero-order valence-corrected chi connectivity index (χ0v) is 9.97. The summed E-state index contributed by atoms with van der Waals surface area (Å²) in [7, 11) is 0. The Morgan fingerprint density at radius 1 is 1.54 bits per heavy atom. The highest BCUT2D eigenvalue weighted by atomic mass is 127. The highest BCUT2D eigenvalue weighted by Crippen LogP contribution is 2.17. The molecule has 0 heterocycles. The second-order valence-corrected chi connectivity index (χ2v) is 4.21. The van der Waals surface area contributed by atoms with Crippen LogP contribution in [-0.2, 0) is 0 Å². The van der Waals surface area contributed by atoms with Crippen LogP contribution in [0.15, 0.2) is 30.9 Å². The van der Waals surface area contributed by atoms with Crippen LogP contribution < -0.4 is 5.32 Å². The van der Waals surface area contributed by atoms with Crippen molar-refractivity contribution in [2.45, 2.75) is 13.3 Å². The number of hydrogen-bond acceptors (Lipinski definition) is 1. The van der Waals surface area contributed by atoms with Crippen LogP contribution in [-0.4, -0.2) is 6.54 Å². The lowest BCUT2D eigenvalue weighted by Gasteiger charge is -2.08. The molecular weight excluding hydrogens is 273 g/mol. The Labute approximate surface area is 93.4 Å². The van der Waals surface area contributed by atoms with E-state index in [2.05, 4.69) is 59.6 Å². The van der Waals surface area contributed by atoms with Crippen molar-refractivity contribution in [2.75, 3.05) is 11.9 Å². The lowest BCUT2D eigenvalue weighted by Crippen LogP contribution is -2.01. The van der Waals surface area contributed by atoms with Gasteiger partial charge in [-0.15, -0.1) is 6.58 Å². The van der Waals surface area contributed by atoms with Crippen LogP contribution in [0.2, 0.25) is 0 Å². The van der Waals surface area contributed by atoms with E-state index in [0.717, 1.165) is 13.0 Å². The highest BCUT2D eigenvalue weighted by molar-refractivity contribution is 14.1. The van der Waals surface area contributed by atoms with Crippen LogP contribution in [0.5, 0.6) is 0 Å². The average molecular weight is 287 g/mol. The first-order chi connectivity index (χ1) is 6.24. The first-order valence-corrected chi connectivity index (χ1v) is 5.43. The predicted molar refractivity (Wildman–Crippen MR) is 67.2 cm³/mol. The third-order valence-electron chi connectivity index (χ3n) is 1.85. The van der Waals surface area contributed by atoms with Gasteiger partial charge in [0.1, 0.15) is 0 Å². The summed E-state index contributed by atoms with van der Waals surface area (Å²) in [5.74, 6) is 0. The van der Waals surface area contributed by atoms with Crippen molar-refractivity contribution in [3.05, 3.63) is 40.0 Å². The molecule has 1 N–H and O–H groups in total. The summed E-state index contributed by atoms with van der Waals surface area (Å²) in [5, 5.41) is 3.37. The minimum Gasteiger partial charge on any atom is -0.385 e. The molecule has 0 spiro atoms. The van der Waals surface area contributed by atoms with Gasteiger partial charge in [-0.2, -0.15) is 0 Å². The van der Waals surface area contributed by atoms with E-state index >= 15 is 0 Å². The number of benzene rings is 1. The Kier molecular flexibility index (Phi) is 4.28. The Morgan fingerprint density at radius 2 is 2.31 bits per heavy atom. The molecule has 1 aromatic rings. The maximum atomic E-state index is 3.69. The number of anilines is 1. The molecule has 0 saturated heterocycles. The Morgan fingerprint density at radius 3 is 2.92 bits per heavy atom. The van der Waals surface area contributed by atoms with Gasteiger partial charge in [0.2, 0.25) is 0 Å². The topological polar surface area (TPSA) is 12.0 Å². The van der Waals surface area contributed by atoms with Gasteiger partial charge in [0.25, 0.3) is 0 Å². The van der Waals surface area contributed by atoms with Gasteiger partial charge in [-0.3, -0.25) is 0 Å². The van der Waals surface area contributed by atoms with Crippen LogP contribution in [0.1, 0.15) is 12.0 Å². The molecule has 0 radical (unpaired) electrons. The van der Waals surface area contributed by atoms with Gasteiger partial charge in [0.05, 0.1) is 0 Å². The molecule has 0 amide bonds. The second-order valence-electron chi connectivity index (χ2n) is 2.96. The van der Waals surface area contributed by atoms with E-state index < -0.39 is 0 Å². The molecule has 0 fully saturated rings. The average Bonchev–Trinajstić information content (AvgIpc) is 2.09. The maximum Gasteiger partial charge on any atom is 0.0370 e. The molecular formula is C11H14IN. The SMILES string of the molecule is C=CCCNc1ccc(I)cc1C. The maximum absolute atomic E-state index is 3.69. The fourth-order valence-corrected chi connectivity index (χ4v) is 1.78. The first kappa shape index (κ1) is 10.6. The molecule has 2 heteroatoms. The van der Waals surface area contributed by atoms with Gasteiger partial charge in [0.15, 0.2) is 0 Å². The van der Waals surface area contributed by atoms with Crippen molar-refractivity contribution in [1.29, 1.82) is 0 Å². The minimum absolute atomic E-state index is 0.963. The van der Waals surface area contributed by atoms with Crippen LogP contribution in [0.4, 0.5) is 5.69 Å². The molecule has 0 aromatic heterocycles. The van der Waals surface area contributed by atoms with Gasteiger partial charge in [0, 0.05) is 15.8 Å². The molecule has 13 heavy (non-hydrogen) atoms. The summed E-state index contributed by atoms with van der Waals surface area (Å²) in [6, 6.07) is 6.42. The van der Waals surface area contributed by atoms with Crippen LogP contribution in [0.25, 0.3) is 0 Å². The number of rotatable bonds is 4. The number of aryl methyl sites for hydroxylation is 1. The van der Waals surface area contributed by atoms with Crippen molar-refractivity contribution in [1.82, 2.24) is 0 Å². The van der Waals surface area contributed by atoms with Crippen LogP contribution in [0.3, 0.4) is 0 Å². The predicted octanol–water partition coefficient (Wildman–Crippen LogP) is 3.59. The normalized spacial score (nSPS) is 9.69. The van der Waals surface area contributed by atoms with Crippen molar-refractivity contribution in [3.8, 4) is 0 Å². The van der Waals surface area contributed by atoms with Gasteiger partial charge in [-0.1, -0.05) is 6.08 Å². The fraction of sp³-hybridized carbons (Fsp3) is 0.273. The fourth-order valence-electron chi connectivity index (χ4n) is 1.13. The summed E-state index contributed by atoms with van der Waals surface area (Å²) in [6.07, 6.45) is 2.93. The van der Waals surface area contributed by atoms with E-state index in [4.69, 9.17) is 0 Å². The summed E-state index contributed by atoms with van der Waals surface area (Å²) in [5.41, 5.74) is 2.53. The third-order valence-corrected chi connectivity index (χ3v) is 2.52. The number of halogens is 1. The van der Waals surface area contributed by atoms with Crippen molar-refractivity contribution < 1.29 is 0 Å². The van der Waals surface area contributed by atoms with Crippen molar-refractivity contribution in [2.24, 2.45) is 0 Å². The Balaban J connectivity index is 2.61. The quantitative estimate of drug-likeness (QED) is 0.507. The lowest BCUT2D eigenvalue weighted by atomic mass is 10.2. The first-order valence-electron chi connectivity index (χ1n) is 4.35. The number of nitrogens with one attached hydrogen (secondary N) is 1. The zero-order chi connectivity index (χ0) is 9.68. The van der Waals surface area contributed by atoms with Crippen LogP contribution in [0, 0.1) is 10.5 Å². The molecule has 70 valence electrons.